The summed E-state index contributed by atoms with van der Waals surface area (Å²) < 4.78 is 9.62. The van der Waals surface area contributed by atoms with Gasteiger partial charge in [0.2, 0.25) is 0 Å². The minimum absolute atomic E-state index is 0.0857. The fourth-order valence-electron chi connectivity index (χ4n) is 2.71. The Balaban J connectivity index is 1.61. The number of fused-ring (bicyclic) bond motifs is 1. The van der Waals surface area contributed by atoms with E-state index in [0.29, 0.717) is 25.1 Å². The van der Waals surface area contributed by atoms with Gasteiger partial charge in [-0.3, -0.25) is 4.79 Å². The maximum absolute atomic E-state index is 12.5. The van der Waals surface area contributed by atoms with Crippen molar-refractivity contribution in [3.8, 4) is 0 Å². The number of pyridine rings is 1. The number of nitrogens with zero attached hydrogens (tertiary/aromatic N) is 3. The molecule has 0 saturated carbocycles. The van der Waals surface area contributed by atoms with Crippen molar-refractivity contribution in [3.05, 3.63) is 23.5 Å². The first kappa shape index (κ1) is 17.6. The summed E-state index contributed by atoms with van der Waals surface area (Å²) in [5, 5.41) is 3.88. The average Bonchev–Trinajstić information content (AvgIpc) is 3.13. The number of ether oxygens (including phenoxy) is 1. The second-order valence-electron chi connectivity index (χ2n) is 7.23. The van der Waals surface area contributed by atoms with E-state index in [9.17, 15) is 9.59 Å². The minimum atomic E-state index is -0.522. The van der Waals surface area contributed by atoms with Crippen LogP contribution in [0.15, 0.2) is 12.3 Å². The van der Waals surface area contributed by atoms with Crippen molar-refractivity contribution >= 4 is 33.7 Å². The molecule has 1 atom stereocenters. The molecule has 1 N–H and O–H groups in total. The fraction of sp³-hybridized carbons (Fsp3) is 0.529. The van der Waals surface area contributed by atoms with Crippen LogP contribution >= 0.6 is 11.5 Å². The van der Waals surface area contributed by atoms with Gasteiger partial charge in [0.25, 0.3) is 5.91 Å². The third kappa shape index (κ3) is 4.07. The molecule has 2 amide bonds. The number of likely N-dealkylation sites (tertiary alicyclic amines) is 1. The van der Waals surface area contributed by atoms with Crippen LogP contribution in [0.3, 0.4) is 0 Å². The summed E-state index contributed by atoms with van der Waals surface area (Å²) >= 11 is 1.32. The molecule has 7 nitrogen and oxygen atoms in total. The van der Waals surface area contributed by atoms with E-state index in [-0.39, 0.29) is 18.0 Å². The van der Waals surface area contributed by atoms with Crippen LogP contribution in [-0.2, 0) is 4.74 Å². The number of rotatable bonds is 2. The molecule has 0 bridgehead atoms. The van der Waals surface area contributed by atoms with E-state index in [1.807, 2.05) is 33.8 Å². The Morgan fingerprint density at radius 2 is 2.16 bits per heavy atom. The number of amides is 2. The Morgan fingerprint density at radius 1 is 1.40 bits per heavy atom. The van der Waals surface area contributed by atoms with Crippen LogP contribution < -0.4 is 5.32 Å². The highest BCUT2D eigenvalue weighted by atomic mass is 32.1. The van der Waals surface area contributed by atoms with E-state index in [2.05, 4.69) is 14.7 Å². The predicted octanol–water partition coefficient (Wildman–Crippen LogP) is 2.74. The second-order valence-corrected chi connectivity index (χ2v) is 7.98. The normalized spacial score (nSPS) is 17.8. The number of aromatic nitrogens is 2. The first-order chi connectivity index (χ1) is 11.7. The Morgan fingerprint density at radius 3 is 2.88 bits per heavy atom. The van der Waals surface area contributed by atoms with E-state index in [1.165, 1.54) is 11.5 Å². The minimum Gasteiger partial charge on any atom is -0.444 e. The van der Waals surface area contributed by atoms with Gasteiger partial charge in [0.1, 0.15) is 10.4 Å². The predicted molar refractivity (Wildman–Crippen MR) is 95.8 cm³/mol. The molecule has 0 radical (unpaired) electrons. The van der Waals surface area contributed by atoms with Gasteiger partial charge in [0.05, 0.1) is 11.3 Å². The molecule has 0 unspecified atom stereocenters. The highest BCUT2D eigenvalue weighted by Crippen LogP contribution is 2.21. The summed E-state index contributed by atoms with van der Waals surface area (Å²) in [5.41, 5.74) is 0.858. The van der Waals surface area contributed by atoms with Gasteiger partial charge in [0.15, 0.2) is 0 Å². The molecular formula is C17H22N4O3S. The summed E-state index contributed by atoms with van der Waals surface area (Å²) in [4.78, 5) is 31.3. The van der Waals surface area contributed by atoms with Gasteiger partial charge in [-0.2, -0.15) is 4.37 Å². The van der Waals surface area contributed by atoms with E-state index in [1.54, 1.807) is 11.1 Å². The molecule has 134 valence electrons. The van der Waals surface area contributed by atoms with Crippen molar-refractivity contribution in [1.29, 1.82) is 0 Å². The topological polar surface area (TPSA) is 84.4 Å². The first-order valence-electron chi connectivity index (χ1n) is 8.24. The van der Waals surface area contributed by atoms with Crippen molar-refractivity contribution in [2.75, 3.05) is 13.1 Å². The zero-order valence-corrected chi connectivity index (χ0v) is 15.6. The lowest BCUT2D eigenvalue weighted by Crippen LogP contribution is -2.40. The van der Waals surface area contributed by atoms with Gasteiger partial charge in [-0.15, -0.1) is 0 Å². The smallest absolute Gasteiger partial charge is 0.410 e. The van der Waals surface area contributed by atoms with Crippen molar-refractivity contribution in [3.63, 3.8) is 0 Å². The summed E-state index contributed by atoms with van der Waals surface area (Å²) in [7, 11) is 0. The number of hydrogen-bond acceptors (Lipinski definition) is 6. The lowest BCUT2D eigenvalue weighted by Gasteiger charge is -2.24. The molecule has 1 aliphatic rings. The van der Waals surface area contributed by atoms with Crippen molar-refractivity contribution in [2.45, 2.75) is 45.8 Å². The third-order valence-electron chi connectivity index (χ3n) is 3.95. The number of aryl methyl sites for hydroxylation is 1. The van der Waals surface area contributed by atoms with E-state index in [4.69, 9.17) is 4.74 Å². The van der Waals surface area contributed by atoms with E-state index in [0.717, 1.165) is 15.9 Å². The zero-order valence-electron chi connectivity index (χ0n) is 14.8. The van der Waals surface area contributed by atoms with E-state index < -0.39 is 5.60 Å². The van der Waals surface area contributed by atoms with Gasteiger partial charge in [-0.1, -0.05) is 0 Å². The molecule has 0 aliphatic carbocycles. The molecule has 1 fully saturated rings. The van der Waals surface area contributed by atoms with Gasteiger partial charge < -0.3 is 15.0 Å². The lowest BCUT2D eigenvalue weighted by atomic mass is 10.2. The van der Waals surface area contributed by atoms with Crippen molar-refractivity contribution in [1.82, 2.24) is 19.6 Å². The zero-order chi connectivity index (χ0) is 18.2. The lowest BCUT2D eigenvalue weighted by molar-refractivity contribution is 0.0290. The molecule has 0 aromatic carbocycles. The van der Waals surface area contributed by atoms with Crippen molar-refractivity contribution < 1.29 is 14.3 Å². The third-order valence-corrected chi connectivity index (χ3v) is 4.81. The second kappa shape index (κ2) is 6.59. The Hall–Kier alpha value is -2.22. The van der Waals surface area contributed by atoms with Crippen LogP contribution in [0.2, 0.25) is 0 Å². The Kier molecular flexibility index (Phi) is 4.64. The summed E-state index contributed by atoms with van der Waals surface area (Å²) in [6.07, 6.45) is 1.93. The number of hydrogen-bond donors (Lipinski definition) is 1. The maximum atomic E-state index is 12.5. The largest absolute Gasteiger partial charge is 0.444 e. The van der Waals surface area contributed by atoms with Crippen LogP contribution in [0.4, 0.5) is 4.79 Å². The maximum Gasteiger partial charge on any atom is 0.410 e. The standard InChI is InChI=1S/C17H22N4O3S/c1-10-13-7-11(8-18-15(13)25-20-10)14(22)19-12-5-6-21(9-12)16(23)24-17(2,3)4/h7-8,12H,5-6,9H2,1-4H3,(H,19,22)/t12-/m1/s1. The summed E-state index contributed by atoms with van der Waals surface area (Å²) in [6, 6.07) is 1.73. The number of carbonyl (C=O) groups is 2. The van der Waals surface area contributed by atoms with Crippen LogP contribution in [-0.4, -0.2) is 51.0 Å². The van der Waals surface area contributed by atoms with Crippen LogP contribution in [0, 0.1) is 6.92 Å². The van der Waals surface area contributed by atoms with Gasteiger partial charge in [-0.25, -0.2) is 9.78 Å². The number of carbonyl (C=O) groups excluding carboxylic acids is 2. The molecule has 0 spiro atoms. The molecule has 25 heavy (non-hydrogen) atoms. The summed E-state index contributed by atoms with van der Waals surface area (Å²) in [5.74, 6) is -0.184. The monoisotopic (exact) mass is 362 g/mol. The Bertz CT molecular complexity index is 812. The highest BCUT2D eigenvalue weighted by molar-refractivity contribution is 7.12. The number of nitrogens with one attached hydrogen (secondary N) is 1. The molecule has 1 aliphatic heterocycles. The fourth-order valence-corrected chi connectivity index (χ4v) is 3.43. The average molecular weight is 362 g/mol. The molecule has 3 rings (SSSR count). The van der Waals surface area contributed by atoms with Crippen LogP contribution in [0.5, 0.6) is 0 Å². The quantitative estimate of drug-likeness (QED) is 0.888. The molecule has 2 aromatic heterocycles. The molecule has 2 aromatic rings. The first-order valence-corrected chi connectivity index (χ1v) is 9.01. The van der Waals surface area contributed by atoms with Gasteiger partial charge in [-0.05, 0) is 51.7 Å². The van der Waals surface area contributed by atoms with Gasteiger partial charge in [0, 0.05) is 30.7 Å². The Labute approximate surface area is 150 Å². The summed E-state index contributed by atoms with van der Waals surface area (Å²) in [6.45, 7) is 8.44. The van der Waals surface area contributed by atoms with Crippen molar-refractivity contribution in [2.24, 2.45) is 0 Å². The molecule has 8 heteroatoms. The molecule has 1 saturated heterocycles. The van der Waals surface area contributed by atoms with E-state index >= 15 is 0 Å². The molecule has 3 heterocycles. The van der Waals surface area contributed by atoms with Crippen LogP contribution in [0.1, 0.15) is 43.2 Å². The highest BCUT2D eigenvalue weighted by Gasteiger charge is 2.30. The molecular weight excluding hydrogens is 340 g/mol. The van der Waals surface area contributed by atoms with Gasteiger partial charge >= 0.3 is 6.09 Å². The van der Waals surface area contributed by atoms with Crippen LogP contribution in [0.25, 0.3) is 10.2 Å². The SMILES string of the molecule is Cc1nsc2ncc(C(=O)N[C@@H]3CCN(C(=O)OC(C)(C)C)C3)cc12.